The van der Waals surface area contributed by atoms with Gasteiger partial charge < -0.3 is 10.8 Å². The van der Waals surface area contributed by atoms with Crippen molar-refractivity contribution >= 4 is 28.8 Å². The molecule has 1 aliphatic rings. The number of nitrogens with zero attached hydrogens (tertiary/aromatic N) is 2. The smallest absolute Gasteiger partial charge is 0.199 e. The predicted octanol–water partition coefficient (Wildman–Crippen LogP) is 2.92. The maximum Gasteiger partial charge on any atom is 0.199 e. The molecule has 0 aliphatic heterocycles. The van der Waals surface area contributed by atoms with E-state index in [0.717, 1.165) is 0 Å². The Kier molecular flexibility index (Phi) is 3.02. The van der Waals surface area contributed by atoms with E-state index in [1.165, 1.54) is 0 Å². The van der Waals surface area contributed by atoms with Gasteiger partial charge in [0.2, 0.25) is 0 Å². The van der Waals surface area contributed by atoms with E-state index in [4.69, 9.17) is 5.73 Å². The van der Waals surface area contributed by atoms with Crippen LogP contribution in [-0.2, 0) is 0 Å². The van der Waals surface area contributed by atoms with E-state index < -0.39 is 0 Å². The second-order valence-corrected chi connectivity index (χ2v) is 4.71. The minimum Gasteiger partial charge on any atom is -0.506 e. The molecule has 5 heteroatoms. The first-order valence-corrected chi connectivity index (χ1v) is 6.43. The number of rotatable bonds is 2. The standard InChI is InChI=1S/C16H13N3O2/c1-9(19-16-12(17)7-4-8-18-16)13-14(20)10-5-2-3-6-11(10)15(13)21/h2-8,20H,17H2,1H3. The van der Waals surface area contributed by atoms with Crippen LogP contribution in [0.5, 0.6) is 0 Å². The van der Waals surface area contributed by atoms with E-state index in [2.05, 4.69) is 9.98 Å². The number of aliphatic hydroxyl groups excluding tert-OH is 1. The third-order valence-corrected chi connectivity index (χ3v) is 3.34. The topological polar surface area (TPSA) is 88.6 Å². The van der Waals surface area contributed by atoms with Gasteiger partial charge in [-0.3, -0.25) is 4.79 Å². The van der Waals surface area contributed by atoms with E-state index in [1.807, 2.05) is 0 Å². The summed E-state index contributed by atoms with van der Waals surface area (Å²) in [6.45, 7) is 1.66. The van der Waals surface area contributed by atoms with E-state index in [9.17, 15) is 9.90 Å². The molecule has 21 heavy (non-hydrogen) atoms. The van der Waals surface area contributed by atoms with Gasteiger partial charge >= 0.3 is 0 Å². The van der Waals surface area contributed by atoms with Crippen molar-refractivity contribution in [1.29, 1.82) is 0 Å². The fourth-order valence-corrected chi connectivity index (χ4v) is 2.32. The third-order valence-electron chi connectivity index (χ3n) is 3.34. The van der Waals surface area contributed by atoms with Crippen LogP contribution in [0, 0.1) is 0 Å². The first kappa shape index (κ1) is 13.1. The highest BCUT2D eigenvalue weighted by Crippen LogP contribution is 2.32. The molecule has 1 aromatic carbocycles. The summed E-state index contributed by atoms with van der Waals surface area (Å²) in [4.78, 5) is 20.7. The van der Waals surface area contributed by atoms with Crippen LogP contribution in [-0.4, -0.2) is 21.6 Å². The molecule has 3 rings (SSSR count). The number of carbonyl (C=O) groups excluding carboxylic acids is 1. The molecule has 1 aromatic heterocycles. The summed E-state index contributed by atoms with van der Waals surface area (Å²) in [5.74, 6) is 0.0456. The number of anilines is 1. The number of fused-ring (bicyclic) bond motifs is 1. The largest absolute Gasteiger partial charge is 0.506 e. The number of benzene rings is 1. The van der Waals surface area contributed by atoms with Gasteiger partial charge in [0.25, 0.3) is 0 Å². The molecule has 0 amide bonds. The molecule has 5 nitrogen and oxygen atoms in total. The van der Waals surface area contributed by atoms with Crippen LogP contribution in [0.15, 0.2) is 53.2 Å². The predicted molar refractivity (Wildman–Crippen MR) is 81.7 cm³/mol. The van der Waals surface area contributed by atoms with E-state index in [-0.39, 0.29) is 17.1 Å². The maximum absolute atomic E-state index is 12.4. The van der Waals surface area contributed by atoms with Crippen molar-refractivity contribution in [1.82, 2.24) is 4.98 Å². The van der Waals surface area contributed by atoms with Crippen molar-refractivity contribution in [3.8, 4) is 0 Å². The number of nitrogen functional groups attached to an aromatic ring is 1. The highest BCUT2D eigenvalue weighted by molar-refractivity contribution is 6.35. The van der Waals surface area contributed by atoms with Gasteiger partial charge in [-0.15, -0.1) is 0 Å². The monoisotopic (exact) mass is 279 g/mol. The minimum atomic E-state index is -0.237. The highest BCUT2D eigenvalue weighted by atomic mass is 16.3. The van der Waals surface area contributed by atoms with Crippen molar-refractivity contribution in [3.05, 3.63) is 59.3 Å². The van der Waals surface area contributed by atoms with E-state index >= 15 is 0 Å². The first-order chi connectivity index (χ1) is 10.1. The van der Waals surface area contributed by atoms with Crippen molar-refractivity contribution < 1.29 is 9.90 Å². The van der Waals surface area contributed by atoms with Crippen LogP contribution in [0.1, 0.15) is 22.8 Å². The summed E-state index contributed by atoms with van der Waals surface area (Å²) in [5, 5.41) is 10.3. The van der Waals surface area contributed by atoms with Gasteiger partial charge in [-0.05, 0) is 19.1 Å². The van der Waals surface area contributed by atoms with Crippen molar-refractivity contribution in [2.24, 2.45) is 4.99 Å². The Hall–Kier alpha value is -2.95. The molecule has 0 unspecified atom stereocenters. The van der Waals surface area contributed by atoms with Gasteiger partial charge in [-0.25, -0.2) is 9.98 Å². The van der Waals surface area contributed by atoms with Gasteiger partial charge in [-0.2, -0.15) is 0 Å². The number of aliphatic imine (C=N–C) groups is 1. The molecule has 1 aliphatic carbocycles. The quantitative estimate of drug-likeness (QED) is 0.827. The number of carbonyl (C=O) groups is 1. The minimum absolute atomic E-state index is 0.0497. The van der Waals surface area contributed by atoms with Crippen LogP contribution >= 0.6 is 0 Å². The third kappa shape index (κ3) is 2.08. The molecule has 3 N–H and O–H groups in total. The number of aliphatic hydroxyl groups is 1. The second-order valence-electron chi connectivity index (χ2n) is 4.71. The fourth-order valence-electron chi connectivity index (χ4n) is 2.32. The lowest BCUT2D eigenvalue weighted by Crippen LogP contribution is -2.07. The summed E-state index contributed by atoms with van der Waals surface area (Å²) >= 11 is 0. The summed E-state index contributed by atoms with van der Waals surface area (Å²) in [5.41, 5.74) is 7.80. The van der Waals surface area contributed by atoms with Crippen LogP contribution in [0.2, 0.25) is 0 Å². The fraction of sp³-hybridized carbons (Fsp3) is 0.0625. The zero-order valence-corrected chi connectivity index (χ0v) is 11.4. The average molecular weight is 279 g/mol. The van der Waals surface area contributed by atoms with Crippen molar-refractivity contribution in [2.75, 3.05) is 5.73 Å². The second kappa shape index (κ2) is 4.86. The van der Waals surface area contributed by atoms with Crippen LogP contribution in [0.4, 0.5) is 11.5 Å². The van der Waals surface area contributed by atoms with Gasteiger partial charge in [0.1, 0.15) is 5.76 Å². The van der Waals surface area contributed by atoms with Gasteiger partial charge in [0.15, 0.2) is 11.6 Å². The van der Waals surface area contributed by atoms with E-state index in [1.54, 1.807) is 49.5 Å². The number of hydrogen-bond acceptors (Lipinski definition) is 5. The number of ketones is 1. The number of allylic oxidation sites excluding steroid dienone is 1. The van der Waals surface area contributed by atoms with Gasteiger partial charge in [0, 0.05) is 17.3 Å². The first-order valence-electron chi connectivity index (χ1n) is 6.43. The zero-order chi connectivity index (χ0) is 15.0. The molecule has 104 valence electrons. The number of hydrogen-bond donors (Lipinski definition) is 2. The molecule has 0 spiro atoms. The normalized spacial score (nSPS) is 14.5. The van der Waals surface area contributed by atoms with E-state index in [0.29, 0.717) is 28.3 Å². The summed E-state index contributed by atoms with van der Waals surface area (Å²) in [7, 11) is 0. The average Bonchev–Trinajstić information content (AvgIpc) is 2.74. The van der Waals surface area contributed by atoms with Gasteiger partial charge in [-0.1, -0.05) is 24.3 Å². The number of nitrogens with two attached hydrogens (primary N) is 1. The number of Topliss-reactive ketones (excluding diaryl/α,β-unsaturated/α-hetero) is 1. The number of pyridine rings is 1. The summed E-state index contributed by atoms with van der Waals surface area (Å²) in [6.07, 6.45) is 1.57. The summed E-state index contributed by atoms with van der Waals surface area (Å²) < 4.78 is 0. The Morgan fingerprint density at radius 1 is 1.19 bits per heavy atom. The van der Waals surface area contributed by atoms with Crippen molar-refractivity contribution in [2.45, 2.75) is 6.92 Å². The van der Waals surface area contributed by atoms with Crippen LogP contribution < -0.4 is 5.73 Å². The van der Waals surface area contributed by atoms with Crippen molar-refractivity contribution in [3.63, 3.8) is 0 Å². The lowest BCUT2D eigenvalue weighted by Gasteiger charge is -2.03. The Morgan fingerprint density at radius 2 is 1.90 bits per heavy atom. The Labute approximate surface area is 121 Å². The highest BCUT2D eigenvalue weighted by Gasteiger charge is 2.30. The molecule has 0 saturated carbocycles. The molecular formula is C16H13N3O2. The molecule has 1 heterocycles. The zero-order valence-electron chi connectivity index (χ0n) is 11.4. The van der Waals surface area contributed by atoms with Crippen LogP contribution in [0.25, 0.3) is 5.76 Å². The Morgan fingerprint density at radius 3 is 2.57 bits per heavy atom. The maximum atomic E-state index is 12.4. The molecular weight excluding hydrogens is 266 g/mol. The van der Waals surface area contributed by atoms with Gasteiger partial charge in [0.05, 0.1) is 17.0 Å². The Balaban J connectivity index is 2.08. The SMILES string of the molecule is CC(=Nc1ncccc1N)C1=C(O)c2ccccc2C1=O. The lowest BCUT2D eigenvalue weighted by molar-refractivity contribution is 0.104. The Bertz CT molecular complexity index is 807. The lowest BCUT2D eigenvalue weighted by atomic mass is 10.1. The molecule has 0 bridgehead atoms. The van der Waals surface area contributed by atoms with Crippen LogP contribution in [0.3, 0.4) is 0 Å². The molecule has 2 aromatic rings. The summed E-state index contributed by atoms with van der Waals surface area (Å²) in [6, 6.07) is 10.3. The number of aromatic nitrogens is 1. The molecule has 0 radical (unpaired) electrons. The molecule has 0 fully saturated rings. The molecule has 0 atom stereocenters. The molecule has 0 saturated heterocycles.